The van der Waals surface area contributed by atoms with Gasteiger partial charge < -0.3 is 0 Å². The van der Waals surface area contributed by atoms with Gasteiger partial charge in [0.05, 0.1) is 0 Å². The molecule has 0 radical (unpaired) electrons. The van der Waals surface area contributed by atoms with E-state index < -0.39 is 16.2 Å². The van der Waals surface area contributed by atoms with Crippen molar-refractivity contribution in [3.63, 3.8) is 0 Å². The first kappa shape index (κ1) is 14.5. The van der Waals surface area contributed by atoms with Gasteiger partial charge in [-0.25, -0.2) is 0 Å². The Labute approximate surface area is 112 Å². The molecule has 0 saturated carbocycles. The molecule has 1 aliphatic carbocycles. The molecule has 94 valence electrons. The third kappa shape index (κ3) is 4.32. The van der Waals surface area contributed by atoms with Crippen molar-refractivity contribution < 1.29 is 0 Å². The molecule has 0 N–H and O–H groups in total. The average molecular weight is 291 g/mol. The number of nitrogens with zero attached hydrogens (tertiary/aromatic N) is 2. The van der Waals surface area contributed by atoms with E-state index in [0.717, 1.165) is 10.9 Å². The first-order chi connectivity index (χ1) is 7.91. The van der Waals surface area contributed by atoms with E-state index in [0.29, 0.717) is 0 Å². The van der Waals surface area contributed by atoms with Crippen LogP contribution in [0.25, 0.3) is 0 Å². The molecule has 2 nitrogen and oxygen atoms in total. The van der Waals surface area contributed by atoms with E-state index in [1.54, 1.807) is 5.57 Å². The average Bonchev–Trinajstić information content (AvgIpc) is 2.14. The van der Waals surface area contributed by atoms with Crippen molar-refractivity contribution in [3.05, 3.63) is 35.7 Å². The molecule has 1 unspecified atom stereocenters. The topological polar surface area (TPSA) is 6.48 Å². The quantitative estimate of drug-likeness (QED) is 0.738. The molecule has 3 heteroatoms. The molecular formula is C14H25GaN2. The number of rotatable bonds is 3. The second-order valence-electron chi connectivity index (χ2n) is 5.59. The predicted octanol–water partition coefficient (Wildman–Crippen LogP) is 2.96. The summed E-state index contributed by atoms with van der Waals surface area (Å²) in [5.41, 5.74) is 8.08. The summed E-state index contributed by atoms with van der Waals surface area (Å²) in [7, 11) is 8.44. The Morgan fingerprint density at radius 3 is 2.18 bits per heavy atom. The number of allylic oxidation sites excluding steroid dienone is 4. The van der Waals surface area contributed by atoms with Crippen LogP contribution in [0.3, 0.4) is 0 Å². The van der Waals surface area contributed by atoms with Crippen LogP contribution >= 0.6 is 0 Å². The summed E-state index contributed by atoms with van der Waals surface area (Å²) in [5.74, 6) is 0. The van der Waals surface area contributed by atoms with Gasteiger partial charge in [0.2, 0.25) is 0 Å². The summed E-state index contributed by atoms with van der Waals surface area (Å²) in [4.78, 5) is 4.34. The molecule has 0 aliphatic heterocycles. The van der Waals surface area contributed by atoms with E-state index in [1.165, 1.54) is 5.57 Å². The van der Waals surface area contributed by atoms with Crippen molar-refractivity contribution in [2.24, 2.45) is 0 Å². The van der Waals surface area contributed by atoms with Gasteiger partial charge in [0.1, 0.15) is 0 Å². The number of hydrogen-bond donors (Lipinski definition) is 0. The van der Waals surface area contributed by atoms with Crippen molar-refractivity contribution in [1.29, 1.82) is 0 Å². The van der Waals surface area contributed by atoms with Crippen LogP contribution in [-0.2, 0) is 0 Å². The van der Waals surface area contributed by atoms with E-state index in [1.807, 2.05) is 0 Å². The molecular weight excluding hydrogens is 266 g/mol. The molecule has 0 fully saturated rings. The third-order valence-corrected chi connectivity index (χ3v) is 7.42. The number of hydrogen-bond acceptors (Lipinski definition) is 2. The Kier molecular flexibility index (Phi) is 5.47. The third-order valence-electron chi connectivity index (χ3n) is 2.92. The molecule has 1 aliphatic rings. The summed E-state index contributed by atoms with van der Waals surface area (Å²) in [6, 6.07) is 0. The first-order valence-electron chi connectivity index (χ1n) is 6.33. The van der Waals surface area contributed by atoms with Crippen LogP contribution in [0.2, 0.25) is 15.4 Å². The summed E-state index contributed by atoms with van der Waals surface area (Å²) < 4.78 is 0.734. The first-order valence-corrected chi connectivity index (χ1v) is 12.6. The second-order valence-corrected chi connectivity index (χ2v) is 12.2. The van der Waals surface area contributed by atoms with Gasteiger partial charge >= 0.3 is 112 Å². The Hall–Kier alpha value is -0.544. The molecule has 0 heterocycles. The summed E-state index contributed by atoms with van der Waals surface area (Å²) in [6.07, 6.45) is 10.4. The molecule has 0 aromatic rings. The minimum absolute atomic E-state index is 0.734. The van der Waals surface area contributed by atoms with E-state index in [9.17, 15) is 0 Å². The van der Waals surface area contributed by atoms with Gasteiger partial charge in [-0.3, -0.25) is 0 Å². The van der Waals surface area contributed by atoms with Crippen molar-refractivity contribution in [1.82, 2.24) is 9.80 Å². The van der Waals surface area contributed by atoms with Crippen LogP contribution in [0.15, 0.2) is 35.7 Å². The van der Waals surface area contributed by atoms with E-state index in [2.05, 4.69) is 73.5 Å². The zero-order chi connectivity index (χ0) is 13.0. The van der Waals surface area contributed by atoms with E-state index in [-0.39, 0.29) is 0 Å². The molecule has 1 rings (SSSR count). The Morgan fingerprint density at radius 1 is 1.12 bits per heavy atom. The maximum atomic E-state index is 2.49. The van der Waals surface area contributed by atoms with Gasteiger partial charge in [0, 0.05) is 0 Å². The van der Waals surface area contributed by atoms with Crippen LogP contribution in [0.4, 0.5) is 0 Å². The van der Waals surface area contributed by atoms with Crippen LogP contribution in [0.1, 0.15) is 6.42 Å². The van der Waals surface area contributed by atoms with Gasteiger partial charge in [-0.15, -0.1) is 0 Å². The molecule has 1 atom stereocenters. The fraction of sp³-hybridized carbons (Fsp3) is 0.571. The molecule has 0 spiro atoms. The van der Waals surface area contributed by atoms with Crippen molar-refractivity contribution in [3.8, 4) is 0 Å². The molecule has 17 heavy (non-hydrogen) atoms. The van der Waals surface area contributed by atoms with E-state index in [4.69, 9.17) is 0 Å². The zero-order valence-corrected chi connectivity index (χ0v) is 14.5. The fourth-order valence-corrected chi connectivity index (χ4v) is 6.77. The van der Waals surface area contributed by atoms with Crippen LogP contribution < -0.4 is 0 Å². The molecule has 0 amide bonds. The minimum atomic E-state index is -1.20. The molecule has 0 saturated heterocycles. The van der Waals surface area contributed by atoms with Crippen LogP contribution in [-0.4, -0.2) is 54.2 Å². The van der Waals surface area contributed by atoms with Gasteiger partial charge in [0.25, 0.3) is 0 Å². The summed E-state index contributed by atoms with van der Waals surface area (Å²) in [5, 5.41) is 0. The summed E-state index contributed by atoms with van der Waals surface area (Å²) >= 11 is -1.20. The predicted molar refractivity (Wildman–Crippen MR) is 78.5 cm³/mol. The van der Waals surface area contributed by atoms with Crippen molar-refractivity contribution in [2.75, 3.05) is 28.2 Å². The Bertz CT molecular complexity index is 338. The second kappa shape index (κ2) is 6.41. The molecule has 0 aromatic carbocycles. The van der Waals surface area contributed by atoms with Gasteiger partial charge in [0.15, 0.2) is 0 Å². The molecule has 0 bridgehead atoms. The fourth-order valence-electron chi connectivity index (χ4n) is 2.47. The maximum absolute atomic E-state index is 2.49. The van der Waals surface area contributed by atoms with Gasteiger partial charge in [-0.2, -0.15) is 0 Å². The standard InChI is InChI=1S/C12H19N2.2CH3.Ga/c1-13(2)9-11-6-5-7-12(8-11)10-14(3)4;;;/h5-6,8-10H,7H2,1-4H3;2*1H3;/b11-9-,12-10+;;;. The van der Waals surface area contributed by atoms with Crippen LogP contribution in [0, 0.1) is 0 Å². The normalized spacial score (nSPS) is 24.2. The van der Waals surface area contributed by atoms with Gasteiger partial charge in [-0.05, 0) is 0 Å². The SMILES string of the molecule is CN(C)/C=C1/C=CC/C(=C\N(C)C)[CH]1[Ga]([CH3])[CH3]. The monoisotopic (exact) mass is 290 g/mol. The summed E-state index contributed by atoms with van der Waals surface area (Å²) in [6.45, 7) is 0. The van der Waals surface area contributed by atoms with Crippen molar-refractivity contribution >= 4 is 16.2 Å². The van der Waals surface area contributed by atoms with Gasteiger partial charge in [-0.1, -0.05) is 0 Å². The molecule has 0 aromatic heterocycles. The van der Waals surface area contributed by atoms with Crippen molar-refractivity contribution in [2.45, 2.75) is 21.8 Å². The zero-order valence-electron chi connectivity index (χ0n) is 12.1. The van der Waals surface area contributed by atoms with E-state index >= 15 is 0 Å². The van der Waals surface area contributed by atoms with Crippen LogP contribution in [0.5, 0.6) is 0 Å². The Balaban J connectivity index is 3.08. The Morgan fingerprint density at radius 2 is 1.71 bits per heavy atom.